The zero-order valence-corrected chi connectivity index (χ0v) is 21.6. The number of ketones is 1. The first kappa shape index (κ1) is 23.9. The van der Waals surface area contributed by atoms with E-state index in [0.29, 0.717) is 21.8 Å². The molecule has 1 fully saturated rings. The monoisotopic (exact) mass is 553 g/mol. The summed E-state index contributed by atoms with van der Waals surface area (Å²) in [5.74, 6) is -0.520. The molecule has 5 rings (SSSR count). The number of benzene rings is 3. The minimum Gasteiger partial charge on any atom is -0.508 e. The van der Waals surface area contributed by atoms with Gasteiger partial charge in [-0.15, -0.1) is 0 Å². The molecule has 3 aromatic carbocycles. The molecule has 6 nitrogen and oxygen atoms in total. The van der Waals surface area contributed by atoms with Crippen molar-refractivity contribution in [3.05, 3.63) is 86.8 Å². The molecule has 2 heterocycles. The second-order valence-corrected chi connectivity index (χ2v) is 10.3. The summed E-state index contributed by atoms with van der Waals surface area (Å²) in [6, 6.07) is 17.6. The van der Waals surface area contributed by atoms with Gasteiger partial charge in [0.2, 0.25) is 5.91 Å². The Balaban J connectivity index is 1.73. The van der Waals surface area contributed by atoms with Crippen LogP contribution < -0.4 is 15.1 Å². The summed E-state index contributed by atoms with van der Waals surface area (Å²) in [5.41, 5.74) is 1.76. The van der Waals surface area contributed by atoms with Crippen LogP contribution in [0.5, 0.6) is 5.75 Å². The average molecular weight is 555 g/mol. The van der Waals surface area contributed by atoms with Gasteiger partial charge in [-0.25, -0.2) is 0 Å². The number of phenols is 1. The van der Waals surface area contributed by atoms with Crippen molar-refractivity contribution in [3.63, 3.8) is 0 Å². The van der Waals surface area contributed by atoms with Crippen LogP contribution in [0.15, 0.2) is 65.1 Å². The fourth-order valence-electron chi connectivity index (χ4n) is 4.91. The van der Waals surface area contributed by atoms with Crippen LogP contribution >= 0.6 is 27.5 Å². The number of nitrogens with one attached hydrogen (secondary N) is 1. The number of carbonyl (C=O) groups excluding carboxylic acids is 2. The third-order valence-corrected chi connectivity index (χ3v) is 7.89. The molecule has 0 bridgehead atoms. The maximum absolute atomic E-state index is 14.3. The standard InChI is InChI=1S/C27H25BrClN3O3/c1-27(18-6-8-20(33)9-7-18)25(34)24-22(31-12-10-30-11-13-31)14-19(29)15-23(24)32(26(27)35)16-17-4-2-3-5-21(17)28/h2-9,14-15,30,33H,10-13,16H2,1H3. The average Bonchev–Trinajstić information content (AvgIpc) is 2.86. The molecule has 35 heavy (non-hydrogen) atoms. The number of carbonyl (C=O) groups is 2. The van der Waals surface area contributed by atoms with Gasteiger partial charge < -0.3 is 20.2 Å². The molecule has 3 aromatic rings. The molecule has 1 unspecified atom stereocenters. The van der Waals surface area contributed by atoms with E-state index < -0.39 is 5.41 Å². The first-order valence-corrected chi connectivity index (χ1v) is 12.7. The normalized spacial score (nSPS) is 20.2. The summed E-state index contributed by atoms with van der Waals surface area (Å²) in [6.45, 7) is 5.00. The number of Topliss-reactive ketones (excluding diaryl/α,β-unsaturated/α-hetero) is 1. The van der Waals surface area contributed by atoms with E-state index in [4.69, 9.17) is 11.6 Å². The molecule has 0 radical (unpaired) electrons. The highest BCUT2D eigenvalue weighted by atomic mass is 79.9. The first-order valence-electron chi connectivity index (χ1n) is 11.5. The van der Waals surface area contributed by atoms with Crippen molar-refractivity contribution >= 4 is 50.6 Å². The van der Waals surface area contributed by atoms with Gasteiger partial charge in [-0.3, -0.25) is 9.59 Å². The predicted molar refractivity (Wildman–Crippen MR) is 142 cm³/mol. The van der Waals surface area contributed by atoms with Gasteiger partial charge in [0, 0.05) is 35.7 Å². The Kier molecular flexibility index (Phi) is 6.34. The van der Waals surface area contributed by atoms with E-state index in [1.54, 1.807) is 30.0 Å². The summed E-state index contributed by atoms with van der Waals surface area (Å²) in [4.78, 5) is 32.3. The third-order valence-electron chi connectivity index (χ3n) is 6.89. The SMILES string of the molecule is CC1(c2ccc(O)cc2)C(=O)c2c(N3CCNCC3)cc(Cl)cc2N(Cc2ccccc2Br)C1=O. The lowest BCUT2D eigenvalue weighted by molar-refractivity contribution is -0.122. The number of aromatic hydroxyl groups is 1. The Labute approximate surface area is 217 Å². The van der Waals surface area contributed by atoms with E-state index >= 15 is 0 Å². The van der Waals surface area contributed by atoms with Gasteiger partial charge >= 0.3 is 0 Å². The van der Waals surface area contributed by atoms with Crippen LogP contribution in [0.25, 0.3) is 0 Å². The summed E-state index contributed by atoms with van der Waals surface area (Å²) >= 11 is 10.2. The van der Waals surface area contributed by atoms with Crippen molar-refractivity contribution in [1.82, 2.24) is 5.32 Å². The molecule has 1 amide bonds. The van der Waals surface area contributed by atoms with E-state index in [0.717, 1.165) is 41.9 Å². The zero-order chi connectivity index (χ0) is 24.7. The first-order chi connectivity index (χ1) is 16.8. The van der Waals surface area contributed by atoms with E-state index in [1.807, 2.05) is 30.3 Å². The zero-order valence-electron chi connectivity index (χ0n) is 19.2. The maximum atomic E-state index is 14.3. The molecule has 8 heteroatoms. The number of halogens is 2. The van der Waals surface area contributed by atoms with E-state index in [9.17, 15) is 14.7 Å². The molecule has 0 aromatic heterocycles. The predicted octanol–water partition coefficient (Wildman–Crippen LogP) is 4.91. The van der Waals surface area contributed by atoms with E-state index in [2.05, 4.69) is 26.1 Å². The van der Waals surface area contributed by atoms with Crippen LogP contribution in [0.1, 0.15) is 28.4 Å². The van der Waals surface area contributed by atoms with Gasteiger partial charge in [0.25, 0.3) is 0 Å². The number of hydrogen-bond acceptors (Lipinski definition) is 5. The third kappa shape index (κ3) is 4.11. The Bertz CT molecular complexity index is 1310. The summed E-state index contributed by atoms with van der Waals surface area (Å²) in [6.07, 6.45) is 0. The highest BCUT2D eigenvalue weighted by Gasteiger charge is 2.52. The Hall–Kier alpha value is -2.87. The van der Waals surface area contributed by atoms with Gasteiger partial charge in [0.15, 0.2) is 5.78 Å². The van der Waals surface area contributed by atoms with E-state index in [1.165, 1.54) is 12.1 Å². The Morgan fingerprint density at radius 1 is 1.03 bits per heavy atom. The summed E-state index contributed by atoms with van der Waals surface area (Å²) in [5, 5.41) is 13.7. The van der Waals surface area contributed by atoms with Crippen molar-refractivity contribution < 1.29 is 14.7 Å². The molecule has 0 saturated carbocycles. The number of anilines is 2. The number of hydrogen-bond donors (Lipinski definition) is 2. The number of fused-ring (bicyclic) bond motifs is 1. The number of nitrogens with zero attached hydrogens (tertiary/aromatic N) is 2. The van der Waals surface area contributed by atoms with Crippen LogP contribution in [0.3, 0.4) is 0 Å². The van der Waals surface area contributed by atoms with Crippen LogP contribution in [-0.2, 0) is 16.8 Å². The van der Waals surface area contributed by atoms with Gasteiger partial charge in [0.05, 0.1) is 23.5 Å². The minimum atomic E-state index is -1.46. The van der Waals surface area contributed by atoms with E-state index in [-0.39, 0.29) is 24.0 Å². The summed E-state index contributed by atoms with van der Waals surface area (Å²) < 4.78 is 0.877. The lowest BCUT2D eigenvalue weighted by Crippen LogP contribution is -2.55. The minimum absolute atomic E-state index is 0.0758. The fraction of sp³-hybridized carbons (Fsp3) is 0.259. The number of rotatable bonds is 4. The fourth-order valence-corrected chi connectivity index (χ4v) is 5.53. The van der Waals surface area contributed by atoms with Crippen LogP contribution in [0, 0.1) is 0 Å². The molecular formula is C27H25BrClN3O3. The molecule has 180 valence electrons. The van der Waals surface area contributed by atoms with Crippen molar-refractivity contribution in [2.45, 2.75) is 18.9 Å². The maximum Gasteiger partial charge on any atom is 0.245 e. The van der Waals surface area contributed by atoms with Gasteiger partial charge in [-0.1, -0.05) is 57.9 Å². The molecule has 2 aliphatic rings. The number of amides is 1. The molecule has 2 aliphatic heterocycles. The second-order valence-electron chi connectivity index (χ2n) is 9.04. The molecule has 0 aliphatic carbocycles. The lowest BCUT2D eigenvalue weighted by Gasteiger charge is -2.42. The number of piperazine rings is 1. The van der Waals surface area contributed by atoms with Crippen LogP contribution in [-0.4, -0.2) is 43.0 Å². The Morgan fingerprint density at radius 2 is 1.69 bits per heavy atom. The largest absolute Gasteiger partial charge is 0.508 e. The Morgan fingerprint density at radius 3 is 2.37 bits per heavy atom. The number of phenolic OH excluding ortho intramolecular Hbond substituents is 1. The van der Waals surface area contributed by atoms with Crippen molar-refractivity contribution in [2.75, 3.05) is 36.0 Å². The quantitative estimate of drug-likeness (QED) is 0.449. The molecule has 1 atom stereocenters. The van der Waals surface area contributed by atoms with Crippen molar-refractivity contribution in [2.24, 2.45) is 0 Å². The smallest absolute Gasteiger partial charge is 0.245 e. The molecule has 0 spiro atoms. The molecule has 2 N–H and O–H groups in total. The van der Waals surface area contributed by atoms with Crippen molar-refractivity contribution in [3.8, 4) is 5.75 Å². The second kappa shape index (κ2) is 9.30. The highest BCUT2D eigenvalue weighted by molar-refractivity contribution is 9.10. The van der Waals surface area contributed by atoms with Crippen LogP contribution in [0.4, 0.5) is 11.4 Å². The highest BCUT2D eigenvalue weighted by Crippen LogP contribution is 2.46. The molecular weight excluding hydrogens is 530 g/mol. The van der Waals surface area contributed by atoms with Crippen LogP contribution in [0.2, 0.25) is 5.02 Å². The summed E-state index contributed by atoms with van der Waals surface area (Å²) in [7, 11) is 0. The van der Waals surface area contributed by atoms with Gasteiger partial charge in [-0.05, 0) is 48.4 Å². The lowest BCUT2D eigenvalue weighted by atomic mass is 9.71. The van der Waals surface area contributed by atoms with Gasteiger partial charge in [-0.2, -0.15) is 0 Å². The topological polar surface area (TPSA) is 72.9 Å². The van der Waals surface area contributed by atoms with Gasteiger partial charge in [0.1, 0.15) is 11.2 Å². The van der Waals surface area contributed by atoms with Crippen molar-refractivity contribution in [1.29, 1.82) is 0 Å². The molecule has 1 saturated heterocycles.